The fourth-order valence-electron chi connectivity index (χ4n) is 4.12. The van der Waals surface area contributed by atoms with E-state index in [1.807, 2.05) is 36.4 Å². The molecule has 4 aromatic rings. The maximum Gasteiger partial charge on any atom is 0.257 e. The number of carbonyl (C=O) groups excluding carboxylic acids is 1. The van der Waals surface area contributed by atoms with Crippen LogP contribution in [0.15, 0.2) is 71.1 Å². The third kappa shape index (κ3) is 5.40. The Morgan fingerprint density at radius 2 is 1.79 bits per heavy atom. The zero-order valence-corrected chi connectivity index (χ0v) is 20.6. The minimum atomic E-state index is -0.307. The summed E-state index contributed by atoms with van der Waals surface area (Å²) in [7, 11) is 0. The average Bonchev–Trinajstić information content (AvgIpc) is 3.23. The maximum atomic E-state index is 12.9. The summed E-state index contributed by atoms with van der Waals surface area (Å²) in [6.45, 7) is 5.09. The zero-order valence-electron chi connectivity index (χ0n) is 18.3. The number of furan rings is 1. The molecule has 0 bridgehead atoms. The average molecular weight is 517 g/mol. The van der Waals surface area contributed by atoms with Crippen molar-refractivity contribution in [3.8, 4) is 11.3 Å². The van der Waals surface area contributed by atoms with Gasteiger partial charge in [0.05, 0.1) is 16.3 Å². The maximum absolute atomic E-state index is 12.9. The van der Waals surface area contributed by atoms with Crippen LogP contribution in [0.4, 0.5) is 5.69 Å². The van der Waals surface area contributed by atoms with Gasteiger partial charge < -0.3 is 15.1 Å². The number of fused-ring (bicyclic) bond motifs is 1. The number of hydrogen-bond donors (Lipinski definition) is 2. The normalized spacial score (nSPS) is 14.1. The standard InChI is InChI=1S/C26H23Cl2N3O2.ClH/c27-19-6-7-20(22(28)15-19)26(32)30-23-4-2-1-3-21(23)25-14-18-13-17(5-8-24(18)33-25)16-31-11-9-29-10-12-31;/h1-8,13-15,29H,9-12,16H2,(H,30,32);1H. The molecule has 3 aromatic carbocycles. The molecule has 1 aliphatic heterocycles. The highest BCUT2D eigenvalue weighted by Crippen LogP contribution is 2.34. The first-order valence-corrected chi connectivity index (χ1v) is 11.6. The van der Waals surface area contributed by atoms with Gasteiger partial charge in [-0.25, -0.2) is 0 Å². The summed E-state index contributed by atoms with van der Waals surface area (Å²) in [5, 5.41) is 8.17. The molecule has 176 valence electrons. The highest BCUT2D eigenvalue weighted by Gasteiger charge is 2.16. The number of para-hydroxylation sites is 1. The van der Waals surface area contributed by atoms with Crippen LogP contribution in [0.25, 0.3) is 22.3 Å². The number of nitrogens with one attached hydrogen (secondary N) is 2. The van der Waals surface area contributed by atoms with Crippen LogP contribution in [0.3, 0.4) is 0 Å². The molecule has 1 fully saturated rings. The van der Waals surface area contributed by atoms with E-state index in [9.17, 15) is 4.79 Å². The second-order valence-corrected chi connectivity index (χ2v) is 8.98. The van der Waals surface area contributed by atoms with Crippen LogP contribution < -0.4 is 10.6 Å². The topological polar surface area (TPSA) is 57.5 Å². The van der Waals surface area contributed by atoms with Crippen molar-refractivity contribution < 1.29 is 9.21 Å². The van der Waals surface area contributed by atoms with Crippen molar-refractivity contribution in [1.29, 1.82) is 0 Å². The summed E-state index contributed by atoms with van der Waals surface area (Å²) in [6, 6.07) is 20.7. The Labute approximate surface area is 214 Å². The Balaban J connectivity index is 0.00000274. The van der Waals surface area contributed by atoms with Crippen molar-refractivity contribution in [2.75, 3.05) is 31.5 Å². The smallest absolute Gasteiger partial charge is 0.257 e. The van der Waals surface area contributed by atoms with E-state index in [1.165, 1.54) is 5.56 Å². The summed E-state index contributed by atoms with van der Waals surface area (Å²) >= 11 is 12.2. The van der Waals surface area contributed by atoms with Crippen molar-refractivity contribution in [3.63, 3.8) is 0 Å². The molecule has 2 heterocycles. The molecular weight excluding hydrogens is 493 g/mol. The molecule has 1 aromatic heterocycles. The van der Waals surface area contributed by atoms with E-state index in [0.717, 1.165) is 49.3 Å². The zero-order chi connectivity index (χ0) is 22.8. The Morgan fingerprint density at radius 3 is 2.59 bits per heavy atom. The third-order valence-electron chi connectivity index (χ3n) is 5.81. The lowest BCUT2D eigenvalue weighted by Crippen LogP contribution is -2.42. The molecule has 0 radical (unpaired) electrons. The molecule has 5 rings (SSSR count). The van der Waals surface area contributed by atoms with Crippen LogP contribution in [0.5, 0.6) is 0 Å². The number of carbonyl (C=O) groups is 1. The number of hydrogen-bond acceptors (Lipinski definition) is 4. The van der Waals surface area contributed by atoms with E-state index in [4.69, 9.17) is 27.6 Å². The van der Waals surface area contributed by atoms with Crippen LogP contribution in [-0.2, 0) is 6.54 Å². The third-order valence-corrected chi connectivity index (χ3v) is 6.36. The molecule has 1 saturated heterocycles. The number of piperazine rings is 1. The van der Waals surface area contributed by atoms with Crippen LogP contribution in [0.2, 0.25) is 10.0 Å². The molecule has 2 N–H and O–H groups in total. The molecule has 0 spiro atoms. The number of halogens is 3. The number of benzene rings is 3. The number of anilines is 1. The van der Waals surface area contributed by atoms with Gasteiger partial charge in [-0.3, -0.25) is 9.69 Å². The van der Waals surface area contributed by atoms with E-state index in [0.29, 0.717) is 27.1 Å². The molecule has 0 atom stereocenters. The van der Waals surface area contributed by atoms with Crippen molar-refractivity contribution >= 4 is 58.2 Å². The van der Waals surface area contributed by atoms with Gasteiger partial charge in [0, 0.05) is 48.7 Å². The van der Waals surface area contributed by atoms with Crippen molar-refractivity contribution in [1.82, 2.24) is 10.2 Å². The number of nitrogens with zero attached hydrogens (tertiary/aromatic N) is 1. The quantitative estimate of drug-likeness (QED) is 0.318. The molecular formula is C26H24Cl3N3O2. The largest absolute Gasteiger partial charge is 0.456 e. The second-order valence-electron chi connectivity index (χ2n) is 8.13. The Kier molecular flexibility index (Phi) is 7.81. The predicted octanol–water partition coefficient (Wildman–Crippen LogP) is 6.49. The fourth-order valence-corrected chi connectivity index (χ4v) is 4.62. The Morgan fingerprint density at radius 1 is 1.00 bits per heavy atom. The van der Waals surface area contributed by atoms with Gasteiger partial charge >= 0.3 is 0 Å². The monoisotopic (exact) mass is 515 g/mol. The lowest BCUT2D eigenvalue weighted by Gasteiger charge is -2.27. The van der Waals surface area contributed by atoms with Gasteiger partial charge in [0.15, 0.2) is 0 Å². The van der Waals surface area contributed by atoms with Crippen LogP contribution in [0, 0.1) is 0 Å². The highest BCUT2D eigenvalue weighted by atomic mass is 35.5. The lowest BCUT2D eigenvalue weighted by molar-refractivity contribution is 0.102. The van der Waals surface area contributed by atoms with E-state index < -0.39 is 0 Å². The Hall–Kier alpha value is -2.54. The molecule has 8 heteroatoms. The first kappa shape index (κ1) is 24.6. The SMILES string of the molecule is Cl.O=C(Nc1ccccc1-c1cc2cc(CN3CCNCC3)ccc2o1)c1ccc(Cl)cc1Cl. The van der Waals surface area contributed by atoms with Crippen LogP contribution >= 0.6 is 35.6 Å². The first-order valence-electron chi connectivity index (χ1n) is 10.9. The summed E-state index contributed by atoms with van der Waals surface area (Å²) in [5.41, 5.74) is 3.88. The van der Waals surface area contributed by atoms with Gasteiger partial charge in [-0.2, -0.15) is 0 Å². The van der Waals surface area contributed by atoms with Crippen LogP contribution in [-0.4, -0.2) is 37.0 Å². The molecule has 0 aliphatic carbocycles. The van der Waals surface area contributed by atoms with Gasteiger partial charge in [0.25, 0.3) is 5.91 Å². The summed E-state index contributed by atoms with van der Waals surface area (Å²) in [6.07, 6.45) is 0. The molecule has 1 aliphatic rings. The van der Waals surface area contributed by atoms with E-state index in [1.54, 1.807) is 18.2 Å². The molecule has 1 amide bonds. The molecule has 5 nitrogen and oxygen atoms in total. The van der Waals surface area contributed by atoms with Crippen molar-refractivity contribution in [3.05, 3.63) is 87.9 Å². The van der Waals surface area contributed by atoms with Gasteiger partial charge in [-0.15, -0.1) is 12.4 Å². The van der Waals surface area contributed by atoms with Crippen LogP contribution in [0.1, 0.15) is 15.9 Å². The van der Waals surface area contributed by atoms with Crippen molar-refractivity contribution in [2.45, 2.75) is 6.54 Å². The summed E-state index contributed by atoms with van der Waals surface area (Å²) in [4.78, 5) is 15.3. The van der Waals surface area contributed by atoms with Gasteiger partial charge in [-0.1, -0.05) is 41.4 Å². The number of rotatable bonds is 5. The van der Waals surface area contributed by atoms with Gasteiger partial charge in [-0.05, 0) is 54.1 Å². The van der Waals surface area contributed by atoms with E-state index >= 15 is 0 Å². The molecule has 0 unspecified atom stereocenters. The summed E-state index contributed by atoms with van der Waals surface area (Å²) < 4.78 is 6.15. The lowest BCUT2D eigenvalue weighted by atomic mass is 10.1. The minimum Gasteiger partial charge on any atom is -0.456 e. The molecule has 34 heavy (non-hydrogen) atoms. The van der Waals surface area contributed by atoms with Crippen molar-refractivity contribution in [2.24, 2.45) is 0 Å². The highest BCUT2D eigenvalue weighted by molar-refractivity contribution is 6.37. The Bertz CT molecular complexity index is 1320. The van der Waals surface area contributed by atoms with E-state index in [-0.39, 0.29) is 18.3 Å². The van der Waals surface area contributed by atoms with Gasteiger partial charge in [0.1, 0.15) is 11.3 Å². The minimum absolute atomic E-state index is 0. The number of amides is 1. The van der Waals surface area contributed by atoms with E-state index in [2.05, 4.69) is 27.7 Å². The second kappa shape index (κ2) is 10.8. The predicted molar refractivity (Wildman–Crippen MR) is 141 cm³/mol. The first-order chi connectivity index (χ1) is 16.1. The molecule has 0 saturated carbocycles. The van der Waals surface area contributed by atoms with Gasteiger partial charge in [0.2, 0.25) is 0 Å². The summed E-state index contributed by atoms with van der Waals surface area (Å²) in [5.74, 6) is 0.390. The fraction of sp³-hybridized carbons (Fsp3) is 0.192.